The van der Waals surface area contributed by atoms with Gasteiger partial charge in [-0.2, -0.15) is 0 Å². The van der Waals surface area contributed by atoms with Crippen LogP contribution in [0.3, 0.4) is 0 Å². The van der Waals surface area contributed by atoms with Gasteiger partial charge in [-0.1, -0.05) is 12.8 Å². The molecule has 0 unspecified atom stereocenters. The number of amides is 1. The summed E-state index contributed by atoms with van der Waals surface area (Å²) in [6.07, 6.45) is 0.281. The minimum absolute atomic E-state index is 0.0831. The van der Waals surface area contributed by atoms with Crippen LogP contribution in [-0.2, 0) is 11.2 Å². The fourth-order valence-corrected chi connectivity index (χ4v) is 1.91. The van der Waals surface area contributed by atoms with Gasteiger partial charge in [-0.15, -0.1) is 0 Å². The zero-order valence-electron chi connectivity index (χ0n) is 9.09. The minimum Gasteiger partial charge on any atom is -0.436 e. The number of halogens is 2. The molecule has 90 valence electrons. The van der Waals surface area contributed by atoms with Crippen molar-refractivity contribution in [3.63, 3.8) is 0 Å². The molecule has 6 heteroatoms. The van der Waals surface area contributed by atoms with Gasteiger partial charge in [0.1, 0.15) is 5.82 Å². The molecule has 0 radical (unpaired) electrons. The fraction of sp³-hybridized carbons (Fsp3) is 0.273. The molecule has 0 aromatic carbocycles. The van der Waals surface area contributed by atoms with Crippen molar-refractivity contribution in [2.75, 3.05) is 11.9 Å². The average molecular weight is 456 g/mol. The SMILES string of the molecule is CCc1nc(NC(=O)OCC#CI)ccc1I. The summed E-state index contributed by atoms with van der Waals surface area (Å²) in [6.45, 7) is 2.10. The maximum Gasteiger partial charge on any atom is 0.413 e. The van der Waals surface area contributed by atoms with Crippen LogP contribution in [0.2, 0.25) is 0 Å². The molecule has 17 heavy (non-hydrogen) atoms. The third-order valence-electron chi connectivity index (χ3n) is 1.83. The summed E-state index contributed by atoms with van der Waals surface area (Å²) in [6, 6.07) is 3.65. The van der Waals surface area contributed by atoms with Gasteiger partial charge in [-0.25, -0.2) is 9.78 Å². The van der Waals surface area contributed by atoms with Crippen molar-refractivity contribution in [2.24, 2.45) is 0 Å². The summed E-state index contributed by atoms with van der Waals surface area (Å²) < 4.78 is 8.51. The molecule has 0 spiro atoms. The maximum atomic E-state index is 11.3. The van der Waals surface area contributed by atoms with Crippen molar-refractivity contribution in [1.82, 2.24) is 4.98 Å². The molecule has 0 aliphatic heterocycles. The Morgan fingerprint density at radius 1 is 1.59 bits per heavy atom. The van der Waals surface area contributed by atoms with Gasteiger partial charge < -0.3 is 4.74 Å². The van der Waals surface area contributed by atoms with E-state index in [2.05, 4.69) is 42.7 Å². The van der Waals surface area contributed by atoms with Crippen LogP contribution in [0.5, 0.6) is 0 Å². The van der Waals surface area contributed by atoms with Crippen LogP contribution in [0.15, 0.2) is 12.1 Å². The number of ether oxygens (including phenoxy) is 1. The lowest BCUT2D eigenvalue weighted by atomic mass is 10.3. The predicted octanol–water partition coefficient (Wildman–Crippen LogP) is 3.19. The summed E-state index contributed by atoms with van der Waals surface area (Å²) in [4.78, 5) is 15.6. The number of rotatable bonds is 3. The van der Waals surface area contributed by atoms with E-state index in [-0.39, 0.29) is 6.61 Å². The predicted molar refractivity (Wildman–Crippen MR) is 83.1 cm³/mol. The van der Waals surface area contributed by atoms with E-state index in [1.807, 2.05) is 35.6 Å². The number of hydrogen-bond donors (Lipinski definition) is 1. The first-order chi connectivity index (χ1) is 8.17. The molecule has 4 nitrogen and oxygen atoms in total. The number of nitrogens with zero attached hydrogens (tertiary/aromatic N) is 1. The lowest BCUT2D eigenvalue weighted by Gasteiger charge is -2.06. The van der Waals surface area contributed by atoms with Crippen LogP contribution in [0.25, 0.3) is 0 Å². The molecule has 1 aromatic rings. The molecule has 0 atom stereocenters. The smallest absolute Gasteiger partial charge is 0.413 e. The minimum atomic E-state index is -0.542. The third kappa shape index (κ3) is 5.08. The first kappa shape index (κ1) is 14.5. The van der Waals surface area contributed by atoms with E-state index in [4.69, 9.17) is 4.74 Å². The Labute approximate surface area is 127 Å². The number of aryl methyl sites for hydroxylation is 1. The lowest BCUT2D eigenvalue weighted by molar-refractivity contribution is 0.176. The van der Waals surface area contributed by atoms with E-state index >= 15 is 0 Å². The summed E-state index contributed by atoms with van der Waals surface area (Å²) in [5.74, 6) is 3.12. The van der Waals surface area contributed by atoms with Crippen molar-refractivity contribution < 1.29 is 9.53 Å². The van der Waals surface area contributed by atoms with Crippen LogP contribution < -0.4 is 5.32 Å². The molecular weight excluding hydrogens is 446 g/mol. The van der Waals surface area contributed by atoms with Crippen LogP contribution in [-0.4, -0.2) is 17.7 Å². The van der Waals surface area contributed by atoms with Gasteiger partial charge in [0.25, 0.3) is 0 Å². The number of pyridine rings is 1. The molecule has 0 bridgehead atoms. The first-order valence-corrected chi connectivity index (χ1v) is 7.00. The largest absolute Gasteiger partial charge is 0.436 e. The summed E-state index contributed by atoms with van der Waals surface area (Å²) in [5, 5.41) is 2.56. The van der Waals surface area contributed by atoms with Gasteiger partial charge in [0.05, 0.1) is 5.69 Å². The molecule has 0 saturated heterocycles. The van der Waals surface area contributed by atoms with Crippen LogP contribution in [0.1, 0.15) is 12.6 Å². The van der Waals surface area contributed by atoms with Crippen LogP contribution in [0, 0.1) is 13.4 Å². The van der Waals surface area contributed by atoms with E-state index in [9.17, 15) is 4.79 Å². The quantitative estimate of drug-likeness (QED) is 0.562. The number of carbonyl (C=O) groups excluding carboxylic acids is 1. The molecule has 1 rings (SSSR count). The Kier molecular flexibility index (Phi) is 6.57. The molecular formula is C11H10I2N2O2. The van der Waals surface area contributed by atoms with Gasteiger partial charge in [0, 0.05) is 26.2 Å². The second-order valence-electron chi connectivity index (χ2n) is 2.95. The van der Waals surface area contributed by atoms with E-state index < -0.39 is 6.09 Å². The molecule has 0 aliphatic carbocycles. The number of anilines is 1. The Hall–Kier alpha value is -0.560. The van der Waals surface area contributed by atoms with Crippen molar-refractivity contribution in [1.29, 1.82) is 0 Å². The van der Waals surface area contributed by atoms with Gasteiger partial charge >= 0.3 is 6.09 Å². The maximum absolute atomic E-state index is 11.3. The lowest BCUT2D eigenvalue weighted by Crippen LogP contribution is -2.15. The first-order valence-electron chi connectivity index (χ1n) is 4.85. The normalized spacial score (nSPS) is 9.12. The molecule has 0 fully saturated rings. The topological polar surface area (TPSA) is 51.2 Å². The van der Waals surface area contributed by atoms with Crippen LogP contribution in [0.4, 0.5) is 10.6 Å². The Morgan fingerprint density at radius 3 is 3.00 bits per heavy atom. The van der Waals surface area contributed by atoms with Crippen LogP contribution >= 0.6 is 45.2 Å². The van der Waals surface area contributed by atoms with E-state index in [1.54, 1.807) is 6.07 Å². The van der Waals surface area contributed by atoms with Crippen molar-refractivity contribution in [3.8, 4) is 9.85 Å². The monoisotopic (exact) mass is 456 g/mol. The highest BCUT2D eigenvalue weighted by molar-refractivity contribution is 14.1. The molecule has 1 aromatic heterocycles. The highest BCUT2D eigenvalue weighted by atomic mass is 127. The Bertz CT molecular complexity index is 466. The van der Waals surface area contributed by atoms with E-state index in [0.29, 0.717) is 5.82 Å². The Morgan fingerprint density at radius 2 is 2.35 bits per heavy atom. The van der Waals surface area contributed by atoms with Gasteiger partial charge in [0.15, 0.2) is 6.61 Å². The van der Waals surface area contributed by atoms with Gasteiger partial charge in [-0.3, -0.25) is 5.32 Å². The third-order valence-corrected chi connectivity index (χ3v) is 3.19. The average Bonchev–Trinajstić information content (AvgIpc) is 2.32. The molecule has 1 heterocycles. The number of aromatic nitrogens is 1. The van der Waals surface area contributed by atoms with E-state index in [1.165, 1.54) is 0 Å². The molecule has 1 N–H and O–H groups in total. The highest BCUT2D eigenvalue weighted by Crippen LogP contribution is 2.14. The van der Waals surface area contributed by atoms with Gasteiger partial charge in [-0.05, 0) is 45.1 Å². The fourth-order valence-electron chi connectivity index (χ4n) is 1.07. The number of carbonyl (C=O) groups is 1. The van der Waals surface area contributed by atoms with Crippen molar-refractivity contribution in [3.05, 3.63) is 21.4 Å². The second-order valence-corrected chi connectivity index (χ2v) is 4.65. The second kappa shape index (κ2) is 7.71. The Balaban J connectivity index is 2.61. The molecule has 1 amide bonds. The molecule has 0 aliphatic rings. The highest BCUT2D eigenvalue weighted by Gasteiger charge is 2.05. The summed E-state index contributed by atoms with van der Waals surface area (Å²) >= 11 is 4.10. The number of hydrogen-bond acceptors (Lipinski definition) is 3. The van der Waals surface area contributed by atoms with Crippen molar-refractivity contribution >= 4 is 57.1 Å². The summed E-state index contributed by atoms with van der Waals surface area (Å²) in [5.41, 5.74) is 0.954. The van der Waals surface area contributed by atoms with E-state index in [0.717, 1.165) is 15.7 Å². The van der Waals surface area contributed by atoms with Gasteiger partial charge in [0.2, 0.25) is 0 Å². The number of nitrogens with one attached hydrogen (secondary N) is 1. The summed E-state index contributed by atoms with van der Waals surface area (Å²) in [7, 11) is 0. The zero-order valence-corrected chi connectivity index (χ0v) is 13.4. The zero-order chi connectivity index (χ0) is 12.7. The molecule has 0 saturated carbocycles. The standard InChI is InChI=1S/C11H10I2N2O2/c1-2-9-8(13)4-5-10(14-9)15-11(16)17-7-3-6-12/h4-5H,2,7H2,1H3,(H,14,15,16). The van der Waals surface area contributed by atoms with Crippen molar-refractivity contribution in [2.45, 2.75) is 13.3 Å².